The van der Waals surface area contributed by atoms with E-state index in [1.807, 2.05) is 25.9 Å². The summed E-state index contributed by atoms with van der Waals surface area (Å²) in [4.78, 5) is 1.84. The van der Waals surface area contributed by atoms with E-state index < -0.39 is 0 Å². The Morgan fingerprint density at radius 2 is 2.00 bits per heavy atom. The molecule has 0 aromatic heterocycles. The molecule has 0 fully saturated rings. The molecule has 3 heteroatoms. The van der Waals surface area contributed by atoms with Gasteiger partial charge in [0.2, 0.25) is 0 Å². The predicted molar refractivity (Wildman–Crippen MR) is 32.6 cm³/mol. The third-order valence-corrected chi connectivity index (χ3v) is 1.01. The van der Waals surface area contributed by atoms with E-state index in [0.717, 1.165) is 5.84 Å². The van der Waals surface area contributed by atoms with E-state index in [4.69, 9.17) is 11.8 Å². The van der Waals surface area contributed by atoms with Crippen molar-refractivity contribution in [3.63, 3.8) is 0 Å². The Hall–Kier alpha value is -0.240. The average Bonchev–Trinajstić information content (AvgIpc) is 1.65. The Kier molecular flexibility index (Phi) is 2.76. The summed E-state index contributed by atoms with van der Waals surface area (Å²) < 4.78 is 3.40. The molecule has 0 aromatic rings. The lowest BCUT2D eigenvalue weighted by Crippen LogP contribution is -2.17. The first-order chi connectivity index (χ1) is 3.18. The minimum Gasteiger partial charge on any atom is -0.365 e. The van der Waals surface area contributed by atoms with Gasteiger partial charge >= 0.3 is 0 Å². The van der Waals surface area contributed by atoms with Crippen molar-refractivity contribution in [2.24, 2.45) is 4.51 Å². The molecule has 0 aromatic carbocycles. The molecule has 0 rings (SSSR count). The van der Waals surface area contributed by atoms with Gasteiger partial charge in [-0.3, -0.25) is 0 Å². The van der Waals surface area contributed by atoms with Crippen LogP contribution in [0.2, 0.25) is 0 Å². The van der Waals surface area contributed by atoms with Gasteiger partial charge < -0.3 is 4.90 Å². The van der Waals surface area contributed by atoms with Crippen molar-refractivity contribution in [1.82, 2.24) is 4.90 Å². The van der Waals surface area contributed by atoms with Crippen molar-refractivity contribution < 1.29 is 0 Å². The molecule has 0 radical (unpaired) electrons. The molecule has 0 aliphatic heterocycles. The maximum Gasteiger partial charge on any atom is 0.115 e. The summed E-state index contributed by atoms with van der Waals surface area (Å²) in [5, 5.41) is 0. The van der Waals surface area contributed by atoms with E-state index in [1.165, 1.54) is 0 Å². The molecule has 0 atom stereocenters. The zero-order valence-corrected chi connectivity index (χ0v) is 5.53. The molecule has 0 saturated heterocycles. The summed E-state index contributed by atoms with van der Waals surface area (Å²) in [6.45, 7) is 1.84. The van der Waals surface area contributed by atoms with Crippen LogP contribution in [0.3, 0.4) is 0 Å². The standard InChI is InChI=1S/C4H9ClN2/c1-4(6-5)7(2)3/h1-3H3. The normalized spacial score (nSPS) is 11.7. The zero-order valence-electron chi connectivity index (χ0n) is 4.77. The van der Waals surface area contributed by atoms with Crippen molar-refractivity contribution in [2.45, 2.75) is 6.92 Å². The van der Waals surface area contributed by atoms with E-state index in [9.17, 15) is 0 Å². The quantitative estimate of drug-likeness (QED) is 0.346. The minimum atomic E-state index is 0.821. The first-order valence-electron chi connectivity index (χ1n) is 2.01. The third kappa shape index (κ3) is 2.45. The minimum absolute atomic E-state index is 0.821. The smallest absolute Gasteiger partial charge is 0.115 e. The topological polar surface area (TPSA) is 15.6 Å². The molecule has 0 unspecified atom stereocenters. The van der Waals surface area contributed by atoms with Gasteiger partial charge in [0.05, 0.1) is 0 Å². The molecule has 0 aliphatic carbocycles. The lowest BCUT2D eigenvalue weighted by atomic mass is 10.6. The SMILES string of the molecule is CC(=NCl)N(C)C. The van der Waals surface area contributed by atoms with Gasteiger partial charge in [-0.25, -0.2) is 0 Å². The van der Waals surface area contributed by atoms with Gasteiger partial charge in [-0.05, 0) is 6.92 Å². The Balaban J connectivity index is 3.56. The summed E-state index contributed by atoms with van der Waals surface area (Å²) >= 11 is 5.09. The van der Waals surface area contributed by atoms with Gasteiger partial charge in [0, 0.05) is 25.9 Å². The molecule has 0 saturated carbocycles. The first-order valence-corrected chi connectivity index (χ1v) is 2.35. The second kappa shape index (κ2) is 2.86. The van der Waals surface area contributed by atoms with Crippen molar-refractivity contribution in [3.05, 3.63) is 0 Å². The second-order valence-corrected chi connectivity index (χ2v) is 1.70. The van der Waals surface area contributed by atoms with E-state index in [-0.39, 0.29) is 0 Å². The van der Waals surface area contributed by atoms with E-state index in [1.54, 1.807) is 0 Å². The molecule has 2 nitrogen and oxygen atoms in total. The van der Waals surface area contributed by atoms with Gasteiger partial charge in [-0.2, -0.15) is 4.51 Å². The number of hydrogen-bond donors (Lipinski definition) is 0. The van der Waals surface area contributed by atoms with Crippen LogP contribution in [0.1, 0.15) is 6.92 Å². The average molecular weight is 121 g/mol. The van der Waals surface area contributed by atoms with Crippen LogP contribution >= 0.6 is 11.8 Å². The first kappa shape index (κ1) is 6.76. The van der Waals surface area contributed by atoms with E-state index >= 15 is 0 Å². The lowest BCUT2D eigenvalue weighted by molar-refractivity contribution is 0.620. The largest absolute Gasteiger partial charge is 0.365 e. The van der Waals surface area contributed by atoms with Crippen LogP contribution in [0.4, 0.5) is 0 Å². The zero-order chi connectivity index (χ0) is 5.86. The highest BCUT2D eigenvalue weighted by molar-refractivity contribution is 6.19. The van der Waals surface area contributed by atoms with Crippen LogP contribution in [0.5, 0.6) is 0 Å². The van der Waals surface area contributed by atoms with Crippen molar-refractivity contribution >= 4 is 17.6 Å². The summed E-state index contributed by atoms with van der Waals surface area (Å²) in [5.41, 5.74) is 0. The monoisotopic (exact) mass is 120 g/mol. The number of hydrogen-bond acceptors (Lipinski definition) is 1. The molecule has 0 heterocycles. The molecule has 0 N–H and O–H groups in total. The number of nitrogens with zero attached hydrogens (tertiary/aromatic N) is 2. The van der Waals surface area contributed by atoms with E-state index in [0.29, 0.717) is 0 Å². The fraction of sp³-hybridized carbons (Fsp3) is 0.750. The Labute approximate surface area is 48.9 Å². The fourth-order valence-corrected chi connectivity index (χ4v) is 0.227. The highest BCUT2D eigenvalue weighted by Crippen LogP contribution is 1.83. The molecular weight excluding hydrogens is 112 g/mol. The molecule has 42 valence electrons. The fourth-order valence-electron chi connectivity index (χ4n) is 0.0756. The Morgan fingerprint density at radius 3 is 2.00 bits per heavy atom. The summed E-state index contributed by atoms with van der Waals surface area (Å²) in [6.07, 6.45) is 0. The third-order valence-electron chi connectivity index (χ3n) is 0.770. The number of halogens is 1. The summed E-state index contributed by atoms with van der Waals surface area (Å²) in [6, 6.07) is 0. The molecule has 7 heavy (non-hydrogen) atoms. The molecular formula is C4H9ClN2. The van der Waals surface area contributed by atoms with Crippen molar-refractivity contribution in [2.75, 3.05) is 14.1 Å². The summed E-state index contributed by atoms with van der Waals surface area (Å²) in [5.74, 6) is 0.821. The highest BCUT2D eigenvalue weighted by atomic mass is 35.5. The molecule has 0 spiro atoms. The molecule has 0 amide bonds. The van der Waals surface area contributed by atoms with E-state index in [2.05, 4.69) is 4.51 Å². The van der Waals surface area contributed by atoms with Crippen LogP contribution in [0.25, 0.3) is 0 Å². The second-order valence-electron chi connectivity index (χ2n) is 1.53. The Bertz CT molecular complexity index is 77.8. The van der Waals surface area contributed by atoms with Gasteiger partial charge in [0.15, 0.2) is 0 Å². The molecule has 0 aliphatic rings. The van der Waals surface area contributed by atoms with Crippen LogP contribution in [-0.2, 0) is 0 Å². The van der Waals surface area contributed by atoms with Gasteiger partial charge in [0.25, 0.3) is 0 Å². The van der Waals surface area contributed by atoms with Gasteiger partial charge in [-0.15, -0.1) is 0 Å². The summed E-state index contributed by atoms with van der Waals surface area (Å²) in [7, 11) is 3.78. The van der Waals surface area contributed by atoms with Crippen LogP contribution < -0.4 is 0 Å². The lowest BCUT2D eigenvalue weighted by Gasteiger charge is -2.07. The predicted octanol–water partition coefficient (Wildman–Crippen LogP) is 1.12. The van der Waals surface area contributed by atoms with Crippen LogP contribution in [0.15, 0.2) is 4.51 Å². The van der Waals surface area contributed by atoms with Crippen LogP contribution in [-0.4, -0.2) is 24.8 Å². The maximum atomic E-state index is 5.09. The maximum absolute atomic E-state index is 5.09. The number of rotatable bonds is 0. The van der Waals surface area contributed by atoms with Crippen molar-refractivity contribution in [3.8, 4) is 0 Å². The van der Waals surface area contributed by atoms with Crippen LogP contribution in [0, 0.1) is 0 Å². The number of amidine groups is 1. The van der Waals surface area contributed by atoms with Crippen molar-refractivity contribution in [1.29, 1.82) is 0 Å². The van der Waals surface area contributed by atoms with Gasteiger partial charge in [0.1, 0.15) is 5.84 Å². The highest BCUT2D eigenvalue weighted by Gasteiger charge is 1.86. The molecule has 0 bridgehead atoms. The van der Waals surface area contributed by atoms with Gasteiger partial charge in [-0.1, -0.05) is 0 Å². The Morgan fingerprint density at radius 1 is 1.57 bits per heavy atom.